The fourth-order valence-corrected chi connectivity index (χ4v) is 3.71. The first-order valence-electron chi connectivity index (χ1n) is 9.44. The lowest BCUT2D eigenvalue weighted by Gasteiger charge is -2.21. The van der Waals surface area contributed by atoms with Crippen LogP contribution in [0, 0.1) is 5.41 Å². The second kappa shape index (κ2) is 7.66. The summed E-state index contributed by atoms with van der Waals surface area (Å²) in [5.74, 6) is 0.507. The third kappa shape index (κ3) is 3.72. The molecule has 0 aliphatic heterocycles. The van der Waals surface area contributed by atoms with Gasteiger partial charge in [-0.3, -0.25) is 20.4 Å². The molecule has 0 saturated heterocycles. The van der Waals surface area contributed by atoms with E-state index in [4.69, 9.17) is 16.1 Å². The molecule has 3 heterocycles. The molecule has 0 radical (unpaired) electrons. The Labute approximate surface area is 159 Å². The van der Waals surface area contributed by atoms with E-state index in [2.05, 4.69) is 16.0 Å². The van der Waals surface area contributed by atoms with Crippen LogP contribution in [0.25, 0.3) is 11.3 Å². The zero-order chi connectivity index (χ0) is 18.6. The fourth-order valence-electron chi connectivity index (χ4n) is 3.71. The van der Waals surface area contributed by atoms with Gasteiger partial charge in [0.1, 0.15) is 0 Å². The molecule has 1 aliphatic rings. The number of aromatic nitrogens is 3. The molecule has 5 nitrogen and oxygen atoms in total. The Bertz CT molecular complexity index is 946. The summed E-state index contributed by atoms with van der Waals surface area (Å²) in [4.78, 5) is 13.3. The van der Waals surface area contributed by atoms with E-state index in [9.17, 15) is 0 Å². The summed E-state index contributed by atoms with van der Waals surface area (Å²) < 4.78 is 0. The Morgan fingerprint density at radius 1 is 1.04 bits per heavy atom. The molecule has 1 aliphatic carbocycles. The van der Waals surface area contributed by atoms with Crippen LogP contribution < -0.4 is 5.73 Å². The largest absolute Gasteiger partial charge is 0.397 e. The molecule has 1 fully saturated rings. The molecule has 0 amide bonds. The first kappa shape index (κ1) is 17.3. The van der Waals surface area contributed by atoms with E-state index in [0.717, 1.165) is 17.0 Å². The number of anilines is 1. The lowest BCUT2D eigenvalue weighted by molar-refractivity contribution is 0.436. The van der Waals surface area contributed by atoms with Crippen molar-refractivity contribution in [3.8, 4) is 11.3 Å². The number of hydrogen-bond acceptors (Lipinski definition) is 5. The van der Waals surface area contributed by atoms with Gasteiger partial charge in [0.15, 0.2) is 0 Å². The number of nitrogen functional groups attached to an aromatic ring is 1. The van der Waals surface area contributed by atoms with Crippen LogP contribution in [0.4, 0.5) is 5.69 Å². The van der Waals surface area contributed by atoms with Gasteiger partial charge in [0.25, 0.3) is 0 Å². The molecule has 0 spiro atoms. The van der Waals surface area contributed by atoms with Crippen molar-refractivity contribution in [3.05, 3.63) is 71.9 Å². The molecule has 0 unspecified atom stereocenters. The Balaban J connectivity index is 1.66. The first-order valence-corrected chi connectivity index (χ1v) is 9.44. The van der Waals surface area contributed by atoms with Gasteiger partial charge in [0.2, 0.25) is 0 Å². The topological polar surface area (TPSA) is 88.5 Å². The SMILES string of the molecule is N=C(c1cccc(C2CCCCC2)n1)c1cc(-c2cccnc2)ncc1N. The average Bonchev–Trinajstić information content (AvgIpc) is 2.75. The van der Waals surface area contributed by atoms with Crippen molar-refractivity contribution in [1.29, 1.82) is 5.41 Å². The highest BCUT2D eigenvalue weighted by Gasteiger charge is 2.19. The van der Waals surface area contributed by atoms with Gasteiger partial charge in [0, 0.05) is 35.1 Å². The monoisotopic (exact) mass is 357 g/mol. The molecular formula is C22H23N5. The van der Waals surface area contributed by atoms with Gasteiger partial charge in [0.05, 0.1) is 29.0 Å². The minimum absolute atomic E-state index is 0.331. The molecule has 4 rings (SSSR count). The Kier molecular flexibility index (Phi) is 4.92. The average molecular weight is 357 g/mol. The highest BCUT2D eigenvalue weighted by atomic mass is 14.8. The van der Waals surface area contributed by atoms with Crippen molar-refractivity contribution in [3.63, 3.8) is 0 Å². The van der Waals surface area contributed by atoms with E-state index >= 15 is 0 Å². The van der Waals surface area contributed by atoms with Crippen molar-refractivity contribution in [2.75, 3.05) is 5.73 Å². The van der Waals surface area contributed by atoms with Gasteiger partial charge >= 0.3 is 0 Å². The Morgan fingerprint density at radius 3 is 2.67 bits per heavy atom. The summed E-state index contributed by atoms with van der Waals surface area (Å²) >= 11 is 0. The maximum atomic E-state index is 8.70. The molecule has 3 aromatic rings. The predicted molar refractivity (Wildman–Crippen MR) is 108 cm³/mol. The lowest BCUT2D eigenvalue weighted by Crippen LogP contribution is -2.12. The molecule has 0 bridgehead atoms. The second-order valence-corrected chi connectivity index (χ2v) is 7.06. The molecule has 0 aromatic carbocycles. The molecule has 5 heteroatoms. The van der Waals surface area contributed by atoms with E-state index in [1.807, 2.05) is 30.3 Å². The van der Waals surface area contributed by atoms with Gasteiger partial charge < -0.3 is 5.73 Å². The maximum Gasteiger partial charge on any atom is 0.0890 e. The van der Waals surface area contributed by atoms with Crippen LogP contribution in [0.5, 0.6) is 0 Å². The summed E-state index contributed by atoms with van der Waals surface area (Å²) in [5, 5.41) is 8.70. The van der Waals surface area contributed by atoms with E-state index < -0.39 is 0 Å². The number of hydrogen-bond donors (Lipinski definition) is 2. The van der Waals surface area contributed by atoms with Gasteiger partial charge in [-0.1, -0.05) is 25.3 Å². The quantitative estimate of drug-likeness (QED) is 0.669. The third-order valence-corrected chi connectivity index (χ3v) is 5.21. The van der Waals surface area contributed by atoms with Gasteiger partial charge in [-0.2, -0.15) is 0 Å². The number of rotatable bonds is 4. The maximum absolute atomic E-state index is 8.70. The van der Waals surface area contributed by atoms with Gasteiger partial charge in [-0.05, 0) is 43.2 Å². The van der Waals surface area contributed by atoms with E-state index in [1.54, 1.807) is 18.6 Å². The van der Waals surface area contributed by atoms with E-state index in [-0.39, 0.29) is 0 Å². The van der Waals surface area contributed by atoms with Crippen molar-refractivity contribution >= 4 is 11.4 Å². The van der Waals surface area contributed by atoms with Crippen LogP contribution in [0.3, 0.4) is 0 Å². The third-order valence-electron chi connectivity index (χ3n) is 5.21. The highest BCUT2D eigenvalue weighted by Crippen LogP contribution is 2.32. The number of nitrogens with one attached hydrogen (secondary N) is 1. The van der Waals surface area contributed by atoms with Crippen molar-refractivity contribution in [2.24, 2.45) is 0 Å². The molecule has 3 aromatic heterocycles. The van der Waals surface area contributed by atoms with Crippen LogP contribution >= 0.6 is 0 Å². The van der Waals surface area contributed by atoms with E-state index in [1.165, 1.54) is 32.1 Å². The van der Waals surface area contributed by atoms with Gasteiger partial charge in [-0.25, -0.2) is 0 Å². The second-order valence-electron chi connectivity index (χ2n) is 7.06. The highest BCUT2D eigenvalue weighted by molar-refractivity contribution is 6.13. The van der Waals surface area contributed by atoms with E-state index in [0.29, 0.717) is 28.6 Å². The van der Waals surface area contributed by atoms with Crippen LogP contribution in [0.1, 0.15) is 55.0 Å². The van der Waals surface area contributed by atoms with Crippen LogP contribution in [-0.4, -0.2) is 20.7 Å². The predicted octanol–water partition coefficient (Wildman–Crippen LogP) is 4.58. The fraction of sp³-hybridized carbons (Fsp3) is 0.273. The zero-order valence-corrected chi connectivity index (χ0v) is 15.2. The minimum atomic E-state index is 0.331. The van der Waals surface area contributed by atoms with Crippen molar-refractivity contribution in [2.45, 2.75) is 38.0 Å². The molecule has 0 atom stereocenters. The zero-order valence-electron chi connectivity index (χ0n) is 15.2. The smallest absolute Gasteiger partial charge is 0.0890 e. The standard InChI is InChI=1S/C22H23N5/c23-18-14-26-21(16-8-5-11-25-13-16)12-17(18)22(24)20-10-4-9-19(27-20)15-6-2-1-3-7-15/h4-5,8-15,24H,1-3,6-7,23H2. The normalized spacial score (nSPS) is 14.8. The van der Waals surface area contributed by atoms with Crippen molar-refractivity contribution in [1.82, 2.24) is 15.0 Å². The Hall–Kier alpha value is -3.08. The molecule has 3 N–H and O–H groups in total. The number of nitrogens with two attached hydrogens (primary N) is 1. The summed E-state index contributed by atoms with van der Waals surface area (Å²) in [6, 6.07) is 11.6. The molecule has 136 valence electrons. The van der Waals surface area contributed by atoms with Crippen LogP contribution in [-0.2, 0) is 0 Å². The first-order chi connectivity index (χ1) is 13.2. The molecular weight excluding hydrogens is 334 g/mol. The Morgan fingerprint density at radius 2 is 1.89 bits per heavy atom. The van der Waals surface area contributed by atoms with Crippen LogP contribution in [0.15, 0.2) is 55.0 Å². The van der Waals surface area contributed by atoms with Gasteiger partial charge in [-0.15, -0.1) is 0 Å². The lowest BCUT2D eigenvalue weighted by atomic mass is 9.86. The summed E-state index contributed by atoms with van der Waals surface area (Å²) in [6.45, 7) is 0. The summed E-state index contributed by atoms with van der Waals surface area (Å²) in [7, 11) is 0. The number of nitrogens with zero attached hydrogens (tertiary/aromatic N) is 3. The summed E-state index contributed by atoms with van der Waals surface area (Å²) in [6.07, 6.45) is 11.3. The van der Waals surface area contributed by atoms with Crippen molar-refractivity contribution < 1.29 is 0 Å². The molecule has 1 saturated carbocycles. The van der Waals surface area contributed by atoms with Crippen LogP contribution in [0.2, 0.25) is 0 Å². The summed E-state index contributed by atoms with van der Waals surface area (Å²) in [5.41, 5.74) is 11.0. The number of pyridine rings is 3. The minimum Gasteiger partial charge on any atom is -0.397 e. The molecule has 27 heavy (non-hydrogen) atoms.